The molecule has 0 saturated carbocycles. The van der Waals surface area contributed by atoms with Crippen LogP contribution in [0, 0.1) is 21.4 Å². The molecule has 1 amide bonds. The lowest BCUT2D eigenvalue weighted by Gasteiger charge is -2.39. The first kappa shape index (κ1) is 43.8. The highest BCUT2D eigenvalue weighted by Gasteiger charge is 2.34. The second kappa shape index (κ2) is 18.2. The second-order valence-corrected chi connectivity index (χ2v) is 20.5. The maximum atomic E-state index is 14.1. The number of carbonyl (C=O) groups excluding carboxylic acids is 1. The number of allylic oxidation sites excluding steroid dienone is 1. The number of hydrogen-bond donors (Lipinski definition) is 2. The van der Waals surface area contributed by atoms with Gasteiger partial charge in [0.05, 0.1) is 33.7 Å². The molecule has 2 N–H and O–H groups in total. The van der Waals surface area contributed by atoms with E-state index < -0.39 is 25.7 Å². The number of likely N-dealkylation sites (tertiary alicyclic amines) is 1. The van der Waals surface area contributed by atoms with Crippen LogP contribution in [0.5, 0.6) is 17.2 Å². The van der Waals surface area contributed by atoms with Crippen molar-refractivity contribution in [1.29, 1.82) is 0 Å². The lowest BCUT2D eigenvalue weighted by atomic mass is 9.72. The summed E-state index contributed by atoms with van der Waals surface area (Å²) in [6.45, 7) is 11.7. The van der Waals surface area contributed by atoms with Gasteiger partial charge in [-0.05, 0) is 105 Å². The highest BCUT2D eigenvalue weighted by Crippen LogP contribution is 2.44. The van der Waals surface area contributed by atoms with E-state index in [0.29, 0.717) is 30.0 Å². The Kier molecular flexibility index (Phi) is 12.4. The van der Waals surface area contributed by atoms with Gasteiger partial charge in [0.25, 0.3) is 21.6 Å². The van der Waals surface area contributed by atoms with Crippen LogP contribution in [-0.4, -0.2) is 98.0 Å². The van der Waals surface area contributed by atoms with Gasteiger partial charge in [-0.2, -0.15) is 0 Å². The standard InChI is InChI=1S/C48H54ClN7O7S/c1-48(2)14-12-35(42(27-48)33-6-8-36(49)9-7-33)30-54-18-20-55(21-19-54)37-10-11-40(45(24-37)63-38-23-34-13-15-50-46(34)51-28-38)47(57)52-64(60,61)39-25-43(56(58)59)41-22-32(31-62-44(41)26-39)29-53-16-4-3-5-17-53/h6-11,13,15,23-26,28,32H,3-5,12,14,16-22,27,29-31H2,1-2H3,(H,50,51)(H,52,57)/t32-/m1/s1. The van der Waals surface area contributed by atoms with Crippen LogP contribution >= 0.6 is 11.6 Å². The SMILES string of the molecule is CC1(C)CCC(CN2CCN(c3ccc(C(=O)NS(=O)(=O)c4cc5c(c([N+](=O)[O-])c4)C[C@H](CN4CCCCC4)CO5)c(Oc4cnc5[nH]ccc5c4)c3)CC2)=C(c2ccc(Cl)cc2)C1. The van der Waals surface area contributed by atoms with Crippen molar-refractivity contribution in [2.75, 3.05) is 63.9 Å². The van der Waals surface area contributed by atoms with E-state index in [1.807, 2.05) is 18.2 Å². The number of sulfonamides is 1. The maximum Gasteiger partial charge on any atom is 0.277 e. The molecule has 3 aromatic carbocycles. The monoisotopic (exact) mass is 907 g/mol. The zero-order chi connectivity index (χ0) is 44.6. The van der Waals surface area contributed by atoms with Crippen LogP contribution in [0.3, 0.4) is 0 Å². The van der Waals surface area contributed by atoms with Crippen molar-refractivity contribution in [3.63, 3.8) is 0 Å². The summed E-state index contributed by atoms with van der Waals surface area (Å²) >= 11 is 6.25. The summed E-state index contributed by atoms with van der Waals surface area (Å²) in [6, 6.07) is 19.2. The molecule has 1 aliphatic carbocycles. The number of carbonyl (C=O) groups is 1. The van der Waals surface area contributed by atoms with Crippen molar-refractivity contribution in [2.45, 2.75) is 63.7 Å². The Hall–Kier alpha value is -5.48. The fourth-order valence-electron chi connectivity index (χ4n) is 9.65. The number of pyridine rings is 1. The average Bonchev–Trinajstić information content (AvgIpc) is 3.75. The van der Waals surface area contributed by atoms with Crippen LogP contribution in [0.15, 0.2) is 89.6 Å². The van der Waals surface area contributed by atoms with E-state index in [1.54, 1.807) is 30.5 Å². The Morgan fingerprint density at radius 1 is 1.00 bits per heavy atom. The number of aromatic amines is 1. The van der Waals surface area contributed by atoms with Crippen molar-refractivity contribution >= 4 is 55.5 Å². The Morgan fingerprint density at radius 3 is 2.55 bits per heavy atom. The van der Waals surface area contributed by atoms with Gasteiger partial charge in [0.1, 0.15) is 22.9 Å². The fourth-order valence-corrected chi connectivity index (χ4v) is 10.8. The normalized spacial score (nSPS) is 19.5. The number of piperazine rings is 1. The number of halogens is 1. The molecule has 9 rings (SSSR count). The molecule has 0 radical (unpaired) electrons. The summed E-state index contributed by atoms with van der Waals surface area (Å²) in [4.78, 5) is 40.0. The van der Waals surface area contributed by atoms with E-state index in [1.165, 1.54) is 35.4 Å². The molecule has 64 heavy (non-hydrogen) atoms. The van der Waals surface area contributed by atoms with E-state index in [9.17, 15) is 23.3 Å². The highest BCUT2D eigenvalue weighted by atomic mass is 35.5. The van der Waals surface area contributed by atoms with Crippen molar-refractivity contribution in [3.8, 4) is 17.2 Å². The second-order valence-electron chi connectivity index (χ2n) is 18.4. The van der Waals surface area contributed by atoms with Gasteiger partial charge in [-0.3, -0.25) is 19.8 Å². The summed E-state index contributed by atoms with van der Waals surface area (Å²) < 4.78 is 42.4. The van der Waals surface area contributed by atoms with Gasteiger partial charge < -0.3 is 24.3 Å². The van der Waals surface area contributed by atoms with Crippen LogP contribution in [0.1, 0.15) is 73.9 Å². The molecule has 0 unspecified atom stereocenters. The molecule has 2 aromatic heterocycles. The third-order valence-electron chi connectivity index (χ3n) is 13.2. The largest absolute Gasteiger partial charge is 0.493 e. The van der Waals surface area contributed by atoms with Crippen molar-refractivity contribution in [1.82, 2.24) is 24.5 Å². The zero-order valence-corrected chi connectivity index (χ0v) is 37.8. The Labute approximate surface area is 378 Å². The lowest BCUT2D eigenvalue weighted by molar-refractivity contribution is -0.386. The molecule has 0 spiro atoms. The molecule has 0 bridgehead atoms. The number of nitrogens with one attached hydrogen (secondary N) is 2. The van der Waals surface area contributed by atoms with Crippen molar-refractivity contribution < 1.29 is 27.6 Å². The minimum Gasteiger partial charge on any atom is -0.493 e. The topological polar surface area (TPSA) is 163 Å². The first-order valence-electron chi connectivity index (χ1n) is 22.2. The number of fused-ring (bicyclic) bond motifs is 2. The molecule has 336 valence electrons. The minimum absolute atomic E-state index is 0.0332. The molecule has 4 aliphatic rings. The number of nitro benzene ring substituents is 1. The van der Waals surface area contributed by atoms with Gasteiger partial charge in [-0.15, -0.1) is 0 Å². The smallest absolute Gasteiger partial charge is 0.277 e. The van der Waals surface area contributed by atoms with E-state index in [-0.39, 0.29) is 34.1 Å². The summed E-state index contributed by atoms with van der Waals surface area (Å²) in [6.07, 6.45) is 10.3. The average molecular weight is 909 g/mol. The van der Waals surface area contributed by atoms with Gasteiger partial charge in [-0.1, -0.05) is 49.6 Å². The zero-order valence-electron chi connectivity index (χ0n) is 36.3. The predicted molar refractivity (Wildman–Crippen MR) is 248 cm³/mol. The molecule has 5 aromatic rings. The summed E-state index contributed by atoms with van der Waals surface area (Å²) in [5.41, 5.74) is 5.79. The maximum absolute atomic E-state index is 14.1. The van der Waals surface area contributed by atoms with Crippen LogP contribution in [-0.2, 0) is 16.4 Å². The Bertz CT molecular complexity index is 2710. The molecule has 5 heterocycles. The number of hydrogen-bond acceptors (Lipinski definition) is 11. The quantitative estimate of drug-likeness (QED) is 0.0908. The van der Waals surface area contributed by atoms with E-state index in [0.717, 1.165) is 107 Å². The molecular weight excluding hydrogens is 854 g/mol. The van der Waals surface area contributed by atoms with Gasteiger partial charge in [-0.25, -0.2) is 18.1 Å². The molecular formula is C48H54ClN7O7S. The van der Waals surface area contributed by atoms with Crippen LogP contribution in [0.2, 0.25) is 5.02 Å². The van der Waals surface area contributed by atoms with E-state index in [4.69, 9.17) is 21.1 Å². The van der Waals surface area contributed by atoms with Gasteiger partial charge in [0, 0.05) is 85.7 Å². The molecule has 3 aliphatic heterocycles. The van der Waals surface area contributed by atoms with Gasteiger partial charge >= 0.3 is 0 Å². The number of amides is 1. The number of ether oxygens (including phenoxy) is 2. The predicted octanol–water partition coefficient (Wildman–Crippen LogP) is 8.86. The number of nitro groups is 1. The fraction of sp³-hybridized carbons (Fsp3) is 0.417. The number of benzene rings is 3. The van der Waals surface area contributed by atoms with Gasteiger partial charge in [0.2, 0.25) is 0 Å². The molecule has 2 saturated heterocycles. The van der Waals surface area contributed by atoms with Crippen molar-refractivity contribution in [2.24, 2.45) is 11.3 Å². The summed E-state index contributed by atoms with van der Waals surface area (Å²) in [5, 5.41) is 13.9. The summed E-state index contributed by atoms with van der Waals surface area (Å²) in [7, 11) is -4.61. The van der Waals surface area contributed by atoms with Crippen LogP contribution in [0.4, 0.5) is 11.4 Å². The Balaban J connectivity index is 0.938. The first-order chi connectivity index (χ1) is 30.8. The molecule has 2 fully saturated rings. The van der Waals surface area contributed by atoms with Gasteiger partial charge in [0.15, 0.2) is 0 Å². The Morgan fingerprint density at radius 2 is 1.78 bits per heavy atom. The van der Waals surface area contributed by atoms with E-state index in [2.05, 4.69) is 55.4 Å². The third kappa shape index (κ3) is 9.77. The molecule has 14 nitrogen and oxygen atoms in total. The van der Waals surface area contributed by atoms with Crippen molar-refractivity contribution in [3.05, 3.63) is 117 Å². The highest BCUT2D eigenvalue weighted by molar-refractivity contribution is 7.90. The number of aromatic nitrogens is 2. The van der Waals surface area contributed by atoms with E-state index >= 15 is 0 Å². The number of nitrogens with zero attached hydrogens (tertiary/aromatic N) is 5. The third-order valence-corrected chi connectivity index (χ3v) is 14.7. The number of H-pyrrole nitrogens is 1. The molecule has 1 atom stereocenters. The van der Waals surface area contributed by atoms with Crippen LogP contribution < -0.4 is 19.1 Å². The number of anilines is 1. The summed E-state index contributed by atoms with van der Waals surface area (Å²) in [5.74, 6) is -0.297. The first-order valence-corrected chi connectivity index (χ1v) is 24.1. The van der Waals surface area contributed by atoms with Crippen LogP contribution in [0.25, 0.3) is 16.6 Å². The minimum atomic E-state index is -4.61. The lowest BCUT2D eigenvalue weighted by Crippen LogP contribution is -2.47. The number of rotatable bonds is 12. The number of piperidine rings is 1. The molecule has 16 heteroatoms.